The first-order chi connectivity index (χ1) is 12.5. The molecule has 0 aliphatic carbocycles. The fraction of sp³-hybridized carbons (Fsp3) is 0.273. The summed E-state index contributed by atoms with van der Waals surface area (Å²) in [6.45, 7) is 7.00. The summed E-state index contributed by atoms with van der Waals surface area (Å²) in [4.78, 5) is 14.5. The maximum Gasteiger partial charge on any atom is 0.266 e. The van der Waals surface area contributed by atoms with E-state index in [0.717, 1.165) is 11.1 Å². The molecule has 1 amide bonds. The molecule has 0 bridgehead atoms. The van der Waals surface area contributed by atoms with Crippen LogP contribution in [0.5, 0.6) is 0 Å². The van der Waals surface area contributed by atoms with Gasteiger partial charge in [-0.2, -0.15) is 5.26 Å². The smallest absolute Gasteiger partial charge is 0.266 e. The second kappa shape index (κ2) is 9.43. The SMILES string of the molecule is Cc1ccccc1CN/C=C(/C#N)C(=O)N(Cc1ccccc1)C(C)C. The Balaban J connectivity index is 2.09. The van der Waals surface area contributed by atoms with E-state index in [2.05, 4.69) is 5.32 Å². The molecular weight excluding hydrogens is 322 g/mol. The van der Waals surface area contributed by atoms with Crippen LogP contribution in [0.15, 0.2) is 66.4 Å². The van der Waals surface area contributed by atoms with Crippen LogP contribution in [0.1, 0.15) is 30.5 Å². The summed E-state index contributed by atoms with van der Waals surface area (Å²) in [5.41, 5.74) is 3.47. The number of rotatable bonds is 7. The number of aryl methyl sites for hydroxylation is 1. The summed E-state index contributed by atoms with van der Waals surface area (Å²) >= 11 is 0. The molecule has 1 N–H and O–H groups in total. The van der Waals surface area contributed by atoms with Crippen LogP contribution in [0.2, 0.25) is 0 Å². The van der Waals surface area contributed by atoms with Crippen molar-refractivity contribution in [1.82, 2.24) is 10.2 Å². The molecule has 0 atom stereocenters. The number of carbonyl (C=O) groups excluding carboxylic acids is 1. The number of hydrogen-bond donors (Lipinski definition) is 1. The lowest BCUT2D eigenvalue weighted by Gasteiger charge is -2.26. The van der Waals surface area contributed by atoms with Gasteiger partial charge < -0.3 is 10.2 Å². The lowest BCUT2D eigenvalue weighted by molar-refractivity contribution is -0.129. The van der Waals surface area contributed by atoms with Crippen molar-refractivity contribution in [2.24, 2.45) is 0 Å². The van der Waals surface area contributed by atoms with Gasteiger partial charge in [0.15, 0.2) is 0 Å². The Bertz CT molecular complexity index is 804. The van der Waals surface area contributed by atoms with Gasteiger partial charge in [-0.3, -0.25) is 4.79 Å². The van der Waals surface area contributed by atoms with Crippen LogP contribution in [-0.2, 0) is 17.9 Å². The minimum atomic E-state index is -0.261. The molecule has 134 valence electrons. The van der Waals surface area contributed by atoms with E-state index in [0.29, 0.717) is 13.1 Å². The lowest BCUT2D eigenvalue weighted by Crippen LogP contribution is -2.37. The van der Waals surface area contributed by atoms with Gasteiger partial charge in [-0.05, 0) is 37.5 Å². The molecule has 2 aromatic rings. The van der Waals surface area contributed by atoms with E-state index in [9.17, 15) is 10.1 Å². The predicted octanol–water partition coefficient (Wildman–Crippen LogP) is 3.93. The molecule has 0 heterocycles. The maximum atomic E-state index is 12.8. The van der Waals surface area contributed by atoms with Gasteiger partial charge in [0.2, 0.25) is 0 Å². The summed E-state index contributed by atoms with van der Waals surface area (Å²) in [5.74, 6) is -0.261. The number of amides is 1. The Labute approximate surface area is 155 Å². The van der Waals surface area contributed by atoms with E-state index in [1.54, 1.807) is 4.90 Å². The minimum absolute atomic E-state index is 0.00387. The van der Waals surface area contributed by atoms with Crippen LogP contribution in [-0.4, -0.2) is 16.8 Å². The van der Waals surface area contributed by atoms with Gasteiger partial charge >= 0.3 is 0 Å². The van der Waals surface area contributed by atoms with E-state index in [1.807, 2.05) is 81.4 Å². The van der Waals surface area contributed by atoms with E-state index in [-0.39, 0.29) is 17.5 Å². The summed E-state index contributed by atoms with van der Waals surface area (Å²) < 4.78 is 0. The van der Waals surface area contributed by atoms with Crippen molar-refractivity contribution in [3.8, 4) is 6.07 Å². The van der Waals surface area contributed by atoms with E-state index in [1.165, 1.54) is 11.8 Å². The van der Waals surface area contributed by atoms with Crippen molar-refractivity contribution < 1.29 is 4.79 Å². The zero-order valence-electron chi connectivity index (χ0n) is 15.6. The third-order valence-corrected chi connectivity index (χ3v) is 4.23. The van der Waals surface area contributed by atoms with E-state index >= 15 is 0 Å². The van der Waals surface area contributed by atoms with Crippen LogP contribution in [0.3, 0.4) is 0 Å². The fourth-order valence-electron chi connectivity index (χ4n) is 2.64. The number of hydrogen-bond acceptors (Lipinski definition) is 3. The predicted molar refractivity (Wildman–Crippen MR) is 104 cm³/mol. The quantitative estimate of drug-likeness (QED) is 0.610. The average Bonchev–Trinajstić information content (AvgIpc) is 2.65. The standard InChI is InChI=1S/C22H25N3O/c1-17(2)25(16-19-10-5-4-6-11-19)22(26)21(13-23)15-24-14-20-12-8-7-9-18(20)3/h4-12,15,17,24H,14,16H2,1-3H3/b21-15-. The lowest BCUT2D eigenvalue weighted by atomic mass is 10.1. The number of carbonyl (C=O) groups is 1. The molecule has 0 saturated carbocycles. The topological polar surface area (TPSA) is 56.1 Å². The van der Waals surface area contributed by atoms with Gasteiger partial charge in [0.05, 0.1) is 0 Å². The Hall–Kier alpha value is -3.06. The molecule has 0 unspecified atom stereocenters. The van der Waals surface area contributed by atoms with Crippen molar-refractivity contribution in [1.29, 1.82) is 5.26 Å². The van der Waals surface area contributed by atoms with Crippen molar-refractivity contribution in [2.45, 2.75) is 39.9 Å². The first-order valence-electron chi connectivity index (χ1n) is 8.76. The minimum Gasteiger partial charge on any atom is -0.386 e. The first-order valence-corrected chi connectivity index (χ1v) is 8.76. The van der Waals surface area contributed by atoms with Crippen molar-refractivity contribution in [3.63, 3.8) is 0 Å². The number of nitriles is 1. The number of nitrogens with zero attached hydrogens (tertiary/aromatic N) is 2. The fourth-order valence-corrected chi connectivity index (χ4v) is 2.64. The number of benzene rings is 2. The zero-order valence-corrected chi connectivity index (χ0v) is 15.6. The van der Waals surface area contributed by atoms with E-state index in [4.69, 9.17) is 0 Å². The van der Waals surface area contributed by atoms with Crippen LogP contribution in [0.4, 0.5) is 0 Å². The molecule has 0 fully saturated rings. The molecule has 2 rings (SSSR count). The second-order valence-corrected chi connectivity index (χ2v) is 6.49. The van der Waals surface area contributed by atoms with Crippen molar-refractivity contribution >= 4 is 5.91 Å². The Morgan fingerprint density at radius 3 is 2.42 bits per heavy atom. The highest BCUT2D eigenvalue weighted by Crippen LogP contribution is 2.12. The third kappa shape index (κ3) is 5.22. The van der Waals surface area contributed by atoms with Crippen LogP contribution in [0.25, 0.3) is 0 Å². The Kier molecular flexibility index (Phi) is 6.99. The highest BCUT2D eigenvalue weighted by atomic mass is 16.2. The van der Waals surface area contributed by atoms with Crippen LogP contribution < -0.4 is 5.32 Å². The van der Waals surface area contributed by atoms with Crippen LogP contribution >= 0.6 is 0 Å². The van der Waals surface area contributed by atoms with Gasteiger partial charge in [0.25, 0.3) is 5.91 Å². The van der Waals surface area contributed by atoms with Gasteiger partial charge in [-0.15, -0.1) is 0 Å². The molecule has 0 saturated heterocycles. The first kappa shape index (κ1) is 19.3. The van der Waals surface area contributed by atoms with Gasteiger partial charge in [-0.1, -0.05) is 54.6 Å². The normalized spacial score (nSPS) is 11.1. The largest absolute Gasteiger partial charge is 0.386 e. The summed E-state index contributed by atoms with van der Waals surface area (Å²) in [6, 6.07) is 19.9. The molecule has 26 heavy (non-hydrogen) atoms. The maximum absolute atomic E-state index is 12.8. The van der Waals surface area contributed by atoms with Crippen molar-refractivity contribution in [2.75, 3.05) is 0 Å². The molecule has 0 aliphatic rings. The van der Waals surface area contributed by atoms with Crippen LogP contribution in [0, 0.1) is 18.3 Å². The molecule has 4 heteroatoms. The third-order valence-electron chi connectivity index (χ3n) is 4.23. The summed E-state index contributed by atoms with van der Waals surface area (Å²) in [5, 5.41) is 12.5. The highest BCUT2D eigenvalue weighted by Gasteiger charge is 2.21. The van der Waals surface area contributed by atoms with E-state index < -0.39 is 0 Å². The second-order valence-electron chi connectivity index (χ2n) is 6.49. The summed E-state index contributed by atoms with van der Waals surface area (Å²) in [6.07, 6.45) is 1.52. The highest BCUT2D eigenvalue weighted by molar-refractivity contribution is 5.97. The molecule has 4 nitrogen and oxygen atoms in total. The Morgan fingerprint density at radius 2 is 1.81 bits per heavy atom. The molecule has 2 aromatic carbocycles. The van der Waals surface area contributed by atoms with Gasteiger partial charge in [-0.25, -0.2) is 0 Å². The Morgan fingerprint density at radius 1 is 1.15 bits per heavy atom. The molecular formula is C22H25N3O. The van der Waals surface area contributed by atoms with Crippen molar-refractivity contribution in [3.05, 3.63) is 83.1 Å². The zero-order chi connectivity index (χ0) is 18.9. The van der Waals surface area contributed by atoms with Gasteiger partial charge in [0.1, 0.15) is 11.6 Å². The monoisotopic (exact) mass is 347 g/mol. The summed E-state index contributed by atoms with van der Waals surface area (Å²) in [7, 11) is 0. The molecule has 0 spiro atoms. The average molecular weight is 347 g/mol. The molecule has 0 aliphatic heterocycles. The number of nitrogens with one attached hydrogen (secondary N) is 1. The van der Waals surface area contributed by atoms with Gasteiger partial charge in [0, 0.05) is 25.3 Å². The molecule has 0 radical (unpaired) electrons. The molecule has 0 aromatic heterocycles.